The standard InChI is InChI=1S/C12H14IN/c1-9-2-3-10(13)6-11(9)14-7-12(8-14)4-5-12/h2-3,6H,4-5,7-8H2,1H3. The fourth-order valence-corrected chi connectivity index (χ4v) is 2.82. The summed E-state index contributed by atoms with van der Waals surface area (Å²) < 4.78 is 1.35. The van der Waals surface area contributed by atoms with Gasteiger partial charge in [-0.3, -0.25) is 0 Å². The van der Waals surface area contributed by atoms with Crippen molar-refractivity contribution in [2.45, 2.75) is 19.8 Å². The van der Waals surface area contributed by atoms with Crippen molar-refractivity contribution >= 4 is 28.3 Å². The van der Waals surface area contributed by atoms with Gasteiger partial charge in [-0.2, -0.15) is 0 Å². The van der Waals surface area contributed by atoms with E-state index in [0.717, 1.165) is 5.41 Å². The van der Waals surface area contributed by atoms with E-state index in [0.29, 0.717) is 0 Å². The van der Waals surface area contributed by atoms with Gasteiger partial charge in [0.05, 0.1) is 0 Å². The number of anilines is 1. The zero-order valence-electron chi connectivity index (χ0n) is 8.39. The van der Waals surface area contributed by atoms with Crippen LogP contribution in [0.5, 0.6) is 0 Å². The predicted molar refractivity (Wildman–Crippen MR) is 67.8 cm³/mol. The van der Waals surface area contributed by atoms with Crippen LogP contribution in [0.1, 0.15) is 18.4 Å². The molecule has 2 aliphatic rings. The second kappa shape index (κ2) is 2.87. The fourth-order valence-electron chi connectivity index (χ4n) is 2.35. The van der Waals surface area contributed by atoms with Gasteiger partial charge in [-0.25, -0.2) is 0 Å². The number of aryl methyl sites for hydroxylation is 1. The van der Waals surface area contributed by atoms with Crippen LogP contribution >= 0.6 is 22.6 Å². The second-order valence-electron chi connectivity index (χ2n) is 4.79. The second-order valence-corrected chi connectivity index (χ2v) is 6.03. The Labute approximate surface area is 98.6 Å². The summed E-state index contributed by atoms with van der Waals surface area (Å²) in [5.74, 6) is 0. The quantitative estimate of drug-likeness (QED) is 0.720. The van der Waals surface area contributed by atoms with Gasteiger partial charge < -0.3 is 4.90 Å². The van der Waals surface area contributed by atoms with E-state index in [9.17, 15) is 0 Å². The van der Waals surface area contributed by atoms with Crippen molar-refractivity contribution in [1.29, 1.82) is 0 Å². The SMILES string of the molecule is Cc1ccc(I)cc1N1CC2(CC2)C1. The van der Waals surface area contributed by atoms with Crippen molar-refractivity contribution in [1.82, 2.24) is 0 Å². The number of hydrogen-bond acceptors (Lipinski definition) is 1. The van der Waals surface area contributed by atoms with E-state index in [4.69, 9.17) is 0 Å². The van der Waals surface area contributed by atoms with Gasteiger partial charge in [0.25, 0.3) is 0 Å². The van der Waals surface area contributed by atoms with Crippen LogP contribution in [0.3, 0.4) is 0 Å². The first-order valence-electron chi connectivity index (χ1n) is 5.20. The lowest BCUT2D eigenvalue weighted by Crippen LogP contribution is -2.48. The predicted octanol–water partition coefficient (Wildman–Crippen LogP) is 3.20. The van der Waals surface area contributed by atoms with Crippen LogP contribution in [0.4, 0.5) is 5.69 Å². The summed E-state index contributed by atoms with van der Waals surface area (Å²) in [6.07, 6.45) is 2.93. The molecule has 1 aliphatic heterocycles. The molecular weight excluding hydrogens is 285 g/mol. The Morgan fingerprint density at radius 2 is 2.00 bits per heavy atom. The fraction of sp³-hybridized carbons (Fsp3) is 0.500. The molecule has 0 atom stereocenters. The van der Waals surface area contributed by atoms with E-state index in [-0.39, 0.29) is 0 Å². The van der Waals surface area contributed by atoms with Crippen molar-refractivity contribution < 1.29 is 0 Å². The van der Waals surface area contributed by atoms with Crippen LogP contribution in [0.25, 0.3) is 0 Å². The van der Waals surface area contributed by atoms with Crippen LogP contribution in [-0.4, -0.2) is 13.1 Å². The Morgan fingerprint density at radius 1 is 1.29 bits per heavy atom. The van der Waals surface area contributed by atoms with Crippen molar-refractivity contribution in [3.63, 3.8) is 0 Å². The molecule has 0 radical (unpaired) electrons. The highest BCUT2D eigenvalue weighted by Crippen LogP contribution is 2.54. The highest BCUT2D eigenvalue weighted by Gasteiger charge is 2.52. The molecule has 2 fully saturated rings. The third-order valence-electron chi connectivity index (χ3n) is 3.52. The van der Waals surface area contributed by atoms with Crippen LogP contribution in [0.2, 0.25) is 0 Å². The minimum absolute atomic E-state index is 0.758. The number of halogens is 1. The lowest BCUT2D eigenvalue weighted by Gasteiger charge is -2.42. The lowest BCUT2D eigenvalue weighted by molar-refractivity contribution is 0.387. The Bertz CT molecular complexity index is 374. The maximum Gasteiger partial charge on any atom is 0.0406 e. The molecule has 0 unspecified atom stereocenters. The van der Waals surface area contributed by atoms with Crippen molar-refractivity contribution in [3.05, 3.63) is 27.3 Å². The molecule has 0 bridgehead atoms. The topological polar surface area (TPSA) is 3.24 Å². The van der Waals surface area contributed by atoms with Crippen LogP contribution in [0.15, 0.2) is 18.2 Å². The monoisotopic (exact) mass is 299 g/mol. The minimum Gasteiger partial charge on any atom is -0.370 e. The number of hydrogen-bond donors (Lipinski definition) is 0. The van der Waals surface area contributed by atoms with Crippen molar-refractivity contribution in [3.8, 4) is 0 Å². The number of benzene rings is 1. The smallest absolute Gasteiger partial charge is 0.0406 e. The summed E-state index contributed by atoms with van der Waals surface area (Å²) in [6, 6.07) is 6.73. The van der Waals surface area contributed by atoms with Gasteiger partial charge in [-0.1, -0.05) is 6.07 Å². The molecule has 3 rings (SSSR count). The molecule has 1 aromatic rings. The van der Waals surface area contributed by atoms with Gasteiger partial charge in [0, 0.05) is 27.8 Å². The molecule has 1 nitrogen and oxygen atoms in total. The third-order valence-corrected chi connectivity index (χ3v) is 4.19. The first-order chi connectivity index (χ1) is 6.69. The van der Waals surface area contributed by atoms with Gasteiger partial charge >= 0.3 is 0 Å². The highest BCUT2D eigenvalue weighted by molar-refractivity contribution is 14.1. The molecule has 0 amide bonds. The van der Waals surface area contributed by atoms with Gasteiger partial charge in [0.1, 0.15) is 0 Å². The average Bonchev–Trinajstić information content (AvgIpc) is 2.86. The first-order valence-corrected chi connectivity index (χ1v) is 6.28. The number of nitrogens with zero attached hydrogens (tertiary/aromatic N) is 1. The summed E-state index contributed by atoms with van der Waals surface area (Å²) in [6.45, 7) is 4.81. The Balaban J connectivity index is 1.85. The maximum absolute atomic E-state index is 2.53. The Kier molecular flexibility index (Phi) is 1.85. The molecule has 0 aromatic heterocycles. The van der Waals surface area contributed by atoms with Crippen molar-refractivity contribution in [2.75, 3.05) is 18.0 Å². The summed E-state index contributed by atoms with van der Waals surface area (Å²) in [7, 11) is 0. The maximum atomic E-state index is 2.53. The van der Waals surface area contributed by atoms with E-state index in [2.05, 4.69) is 52.6 Å². The van der Waals surface area contributed by atoms with Crippen LogP contribution < -0.4 is 4.90 Å². The van der Waals surface area contributed by atoms with E-state index in [1.54, 1.807) is 0 Å². The molecule has 1 spiro atoms. The van der Waals surface area contributed by atoms with Gasteiger partial charge in [0.2, 0.25) is 0 Å². The Hall–Kier alpha value is -0.250. The largest absolute Gasteiger partial charge is 0.370 e. The zero-order valence-corrected chi connectivity index (χ0v) is 10.5. The molecule has 1 saturated carbocycles. The first kappa shape index (κ1) is 9.01. The Morgan fingerprint density at radius 3 is 2.64 bits per heavy atom. The minimum atomic E-state index is 0.758. The molecule has 74 valence electrons. The number of rotatable bonds is 1. The van der Waals surface area contributed by atoms with E-state index >= 15 is 0 Å². The normalized spacial score (nSPS) is 22.3. The van der Waals surface area contributed by atoms with Crippen LogP contribution in [-0.2, 0) is 0 Å². The zero-order chi connectivity index (χ0) is 9.76. The summed E-state index contributed by atoms with van der Waals surface area (Å²) >= 11 is 2.39. The van der Waals surface area contributed by atoms with E-state index in [1.807, 2.05) is 0 Å². The summed E-state index contributed by atoms with van der Waals surface area (Å²) in [4.78, 5) is 2.53. The molecular formula is C12H14IN. The molecule has 1 aromatic carbocycles. The molecule has 1 aliphatic carbocycles. The highest BCUT2D eigenvalue weighted by atomic mass is 127. The molecule has 14 heavy (non-hydrogen) atoms. The molecule has 1 heterocycles. The lowest BCUT2D eigenvalue weighted by atomic mass is 9.95. The summed E-state index contributed by atoms with van der Waals surface area (Å²) in [5, 5.41) is 0. The summed E-state index contributed by atoms with van der Waals surface area (Å²) in [5.41, 5.74) is 3.63. The third kappa shape index (κ3) is 1.35. The van der Waals surface area contributed by atoms with Gasteiger partial charge in [-0.15, -0.1) is 0 Å². The van der Waals surface area contributed by atoms with E-state index in [1.165, 1.54) is 40.8 Å². The molecule has 2 heteroatoms. The van der Waals surface area contributed by atoms with Crippen molar-refractivity contribution in [2.24, 2.45) is 5.41 Å². The van der Waals surface area contributed by atoms with Crippen LogP contribution in [0, 0.1) is 15.9 Å². The average molecular weight is 299 g/mol. The van der Waals surface area contributed by atoms with Gasteiger partial charge in [-0.05, 0) is 60.1 Å². The van der Waals surface area contributed by atoms with E-state index < -0.39 is 0 Å². The van der Waals surface area contributed by atoms with Gasteiger partial charge in [0.15, 0.2) is 0 Å². The molecule has 1 saturated heterocycles. The molecule has 0 N–H and O–H groups in total.